The molecule has 0 saturated carbocycles. The summed E-state index contributed by atoms with van der Waals surface area (Å²) in [5.41, 5.74) is -0.586. The van der Waals surface area contributed by atoms with Crippen LogP contribution in [0.25, 0.3) is 0 Å². The predicted octanol–water partition coefficient (Wildman–Crippen LogP) is -0.157. The topological polar surface area (TPSA) is 62.0 Å². The molecule has 0 spiro atoms. The van der Waals surface area contributed by atoms with E-state index in [0.29, 0.717) is 0 Å². The smallest absolute Gasteiger partial charge is 0.285 e. The third kappa shape index (κ3) is 1.65. The summed E-state index contributed by atoms with van der Waals surface area (Å²) < 4.78 is 29.6. The van der Waals surface area contributed by atoms with Crippen LogP contribution in [0.4, 0.5) is 8.78 Å². The van der Waals surface area contributed by atoms with E-state index in [-0.39, 0.29) is 11.7 Å². The van der Waals surface area contributed by atoms with Crippen LogP contribution in [0.3, 0.4) is 0 Å². The first-order valence-corrected chi connectivity index (χ1v) is 4.98. The average Bonchev–Trinajstić information content (AvgIpc) is 2.56. The van der Waals surface area contributed by atoms with Crippen molar-refractivity contribution in [3.05, 3.63) is 0 Å². The fraction of sp³-hybridized carbons (Fsp3) is 0.857. The highest BCUT2D eigenvalue weighted by atomic mass is 32.2. The average molecular weight is 225 g/mol. The van der Waals surface area contributed by atoms with Gasteiger partial charge in [0.2, 0.25) is 0 Å². The molecule has 0 amide bonds. The molecule has 2 N–H and O–H groups in total. The van der Waals surface area contributed by atoms with Gasteiger partial charge in [-0.25, -0.2) is 8.78 Å². The zero-order valence-corrected chi connectivity index (χ0v) is 7.82. The van der Waals surface area contributed by atoms with E-state index in [9.17, 15) is 19.0 Å². The van der Waals surface area contributed by atoms with Gasteiger partial charge in [-0.15, -0.1) is 0 Å². The van der Waals surface area contributed by atoms with E-state index in [4.69, 9.17) is 4.74 Å². The minimum absolute atomic E-state index is 0.0403. The number of hydrogen-bond acceptors (Lipinski definition) is 5. The van der Waals surface area contributed by atoms with Crippen LogP contribution in [0.5, 0.6) is 0 Å². The molecule has 4 nitrogen and oxygen atoms in total. The van der Waals surface area contributed by atoms with E-state index in [1.54, 1.807) is 0 Å². The van der Waals surface area contributed by atoms with Gasteiger partial charge in [0.15, 0.2) is 0 Å². The van der Waals surface area contributed by atoms with Crippen LogP contribution in [0.1, 0.15) is 0 Å². The van der Waals surface area contributed by atoms with E-state index in [1.807, 2.05) is 0 Å². The second kappa shape index (κ2) is 3.73. The number of hydrogen-bond donors (Lipinski definition) is 2. The highest BCUT2D eigenvalue weighted by Crippen LogP contribution is 2.35. The van der Waals surface area contributed by atoms with Crippen LogP contribution in [0, 0.1) is 0 Å². The number of nitrogens with zero attached hydrogens (tertiary/aromatic N) is 1. The summed E-state index contributed by atoms with van der Waals surface area (Å²) in [6.45, 7) is -0.0403. The standard InChI is InChI=1S/C7H9F2NO3S/c8-5(9)6-10-3-4(12)2(11)1-13-7(3)14-6/h2-5,7,11-12H,1H2. The second-order valence-electron chi connectivity index (χ2n) is 3.14. The number of alkyl halides is 2. The van der Waals surface area contributed by atoms with Crippen molar-refractivity contribution in [1.29, 1.82) is 0 Å². The van der Waals surface area contributed by atoms with Gasteiger partial charge in [-0.3, -0.25) is 4.99 Å². The quantitative estimate of drug-likeness (QED) is 0.651. The number of thioether (sulfide) groups is 1. The van der Waals surface area contributed by atoms with Crippen LogP contribution in [-0.4, -0.2) is 52.0 Å². The molecule has 1 fully saturated rings. The third-order valence-corrected chi connectivity index (χ3v) is 3.33. The summed E-state index contributed by atoms with van der Waals surface area (Å²) >= 11 is 0.815. The Morgan fingerprint density at radius 1 is 1.50 bits per heavy atom. The summed E-state index contributed by atoms with van der Waals surface area (Å²) in [5.74, 6) is 0. The molecule has 0 bridgehead atoms. The molecule has 80 valence electrons. The molecule has 1 saturated heterocycles. The van der Waals surface area contributed by atoms with Crippen molar-refractivity contribution in [3.8, 4) is 0 Å². The first kappa shape index (κ1) is 10.3. The van der Waals surface area contributed by atoms with Crippen molar-refractivity contribution in [3.63, 3.8) is 0 Å². The molecule has 2 rings (SSSR count). The molecule has 2 aliphatic rings. The second-order valence-corrected chi connectivity index (χ2v) is 4.25. The summed E-state index contributed by atoms with van der Waals surface area (Å²) in [6, 6.07) is -0.771. The largest absolute Gasteiger partial charge is 0.388 e. The zero-order chi connectivity index (χ0) is 10.3. The van der Waals surface area contributed by atoms with Gasteiger partial charge in [-0.2, -0.15) is 0 Å². The third-order valence-electron chi connectivity index (χ3n) is 2.15. The van der Waals surface area contributed by atoms with Gasteiger partial charge < -0.3 is 14.9 Å². The molecule has 7 heteroatoms. The van der Waals surface area contributed by atoms with Crippen molar-refractivity contribution in [2.24, 2.45) is 4.99 Å². The summed E-state index contributed by atoms with van der Waals surface area (Å²) in [6.07, 6.45) is -4.80. The Hall–Kier alpha value is -0.240. The Kier molecular flexibility index (Phi) is 2.74. The van der Waals surface area contributed by atoms with Gasteiger partial charge in [-0.05, 0) is 0 Å². The molecule has 0 aromatic rings. The normalized spacial score (nSPS) is 42.5. The number of ether oxygens (including phenoxy) is 1. The van der Waals surface area contributed by atoms with Crippen molar-refractivity contribution in [2.75, 3.05) is 6.61 Å². The zero-order valence-electron chi connectivity index (χ0n) is 7.01. The Balaban J connectivity index is 2.12. The molecule has 2 heterocycles. The monoisotopic (exact) mass is 225 g/mol. The van der Waals surface area contributed by atoms with Crippen molar-refractivity contribution in [2.45, 2.75) is 30.1 Å². The van der Waals surface area contributed by atoms with Gasteiger partial charge in [0, 0.05) is 0 Å². The maximum Gasteiger partial charge on any atom is 0.285 e. The molecule has 14 heavy (non-hydrogen) atoms. The maximum absolute atomic E-state index is 12.3. The number of aliphatic imine (C=N–C) groups is 1. The van der Waals surface area contributed by atoms with E-state index in [0.717, 1.165) is 11.8 Å². The van der Waals surface area contributed by atoms with E-state index in [1.165, 1.54) is 0 Å². The minimum atomic E-state index is -2.64. The van der Waals surface area contributed by atoms with Crippen LogP contribution in [-0.2, 0) is 4.74 Å². The fourth-order valence-electron chi connectivity index (χ4n) is 1.42. The van der Waals surface area contributed by atoms with E-state index in [2.05, 4.69) is 4.99 Å². The van der Waals surface area contributed by atoms with Crippen LogP contribution >= 0.6 is 11.8 Å². The molecule has 0 aromatic carbocycles. The number of aliphatic hydroxyl groups is 2. The molecule has 4 unspecified atom stereocenters. The van der Waals surface area contributed by atoms with Crippen LogP contribution in [0.2, 0.25) is 0 Å². The number of aliphatic hydroxyl groups excluding tert-OH is 2. The van der Waals surface area contributed by atoms with Crippen molar-refractivity contribution in [1.82, 2.24) is 0 Å². The van der Waals surface area contributed by atoms with Gasteiger partial charge >= 0.3 is 0 Å². The molecule has 0 aliphatic carbocycles. The molecule has 0 radical (unpaired) electrons. The number of fused-ring (bicyclic) bond motifs is 1. The molecule has 0 aromatic heterocycles. The lowest BCUT2D eigenvalue weighted by Crippen LogP contribution is -2.49. The molecular formula is C7H9F2NO3S. The first-order chi connectivity index (χ1) is 6.59. The number of halogens is 2. The lowest BCUT2D eigenvalue weighted by atomic mass is 10.1. The maximum atomic E-state index is 12.3. The summed E-state index contributed by atoms with van der Waals surface area (Å²) in [4.78, 5) is 3.64. The van der Waals surface area contributed by atoms with Crippen LogP contribution < -0.4 is 0 Å². The van der Waals surface area contributed by atoms with Crippen LogP contribution in [0.15, 0.2) is 4.99 Å². The number of rotatable bonds is 1. The minimum Gasteiger partial charge on any atom is -0.388 e. The Morgan fingerprint density at radius 2 is 2.21 bits per heavy atom. The Morgan fingerprint density at radius 3 is 2.86 bits per heavy atom. The summed E-state index contributed by atoms with van der Waals surface area (Å²) in [7, 11) is 0. The lowest BCUT2D eigenvalue weighted by molar-refractivity contribution is -0.105. The lowest BCUT2D eigenvalue weighted by Gasteiger charge is -2.31. The predicted molar refractivity (Wildman–Crippen MR) is 46.6 cm³/mol. The molecule has 4 atom stereocenters. The Bertz CT molecular complexity index is 263. The van der Waals surface area contributed by atoms with E-state index >= 15 is 0 Å². The van der Waals surface area contributed by atoms with Gasteiger partial charge in [0.05, 0.1) is 6.61 Å². The van der Waals surface area contributed by atoms with E-state index < -0.39 is 30.1 Å². The Labute approximate surface area is 83.0 Å². The van der Waals surface area contributed by atoms with Crippen molar-refractivity contribution >= 4 is 16.8 Å². The van der Waals surface area contributed by atoms with Crippen molar-refractivity contribution < 1.29 is 23.7 Å². The van der Waals surface area contributed by atoms with Gasteiger partial charge in [0.25, 0.3) is 6.43 Å². The highest BCUT2D eigenvalue weighted by molar-refractivity contribution is 8.14. The SMILES string of the molecule is OC1COC2SC(C(F)F)=NC2C1O. The molecule has 2 aliphatic heterocycles. The van der Waals surface area contributed by atoms with Gasteiger partial charge in [0.1, 0.15) is 28.7 Å². The van der Waals surface area contributed by atoms with Gasteiger partial charge in [-0.1, -0.05) is 11.8 Å². The first-order valence-electron chi connectivity index (χ1n) is 4.10. The molecular weight excluding hydrogens is 216 g/mol. The summed E-state index contributed by atoms with van der Waals surface area (Å²) in [5, 5.41) is 18.3. The fourth-order valence-corrected chi connectivity index (χ4v) is 2.46. The highest BCUT2D eigenvalue weighted by Gasteiger charge is 2.44.